The van der Waals surface area contributed by atoms with Crippen LogP contribution in [0.15, 0.2) is 78.9 Å². The van der Waals surface area contributed by atoms with Gasteiger partial charge in [-0.15, -0.1) is 0 Å². The molecule has 3 aromatic carbocycles. The van der Waals surface area contributed by atoms with Gasteiger partial charge in [0, 0.05) is 24.0 Å². The van der Waals surface area contributed by atoms with Crippen molar-refractivity contribution in [1.82, 2.24) is 10.2 Å². The van der Waals surface area contributed by atoms with Crippen LogP contribution >= 0.6 is 11.6 Å². The van der Waals surface area contributed by atoms with Crippen molar-refractivity contribution in [3.05, 3.63) is 101 Å². The summed E-state index contributed by atoms with van der Waals surface area (Å²) in [6.45, 7) is 6.07. The molecule has 0 heterocycles. The topological polar surface area (TPSA) is 58.6 Å². The summed E-state index contributed by atoms with van der Waals surface area (Å²) in [5.74, 6) is 0.137. The predicted octanol–water partition coefficient (Wildman–Crippen LogP) is 5.84. The number of rotatable bonds is 12. The molecule has 0 aliphatic heterocycles. The molecule has 0 aromatic heterocycles. The van der Waals surface area contributed by atoms with Gasteiger partial charge in [-0.3, -0.25) is 9.59 Å². The van der Waals surface area contributed by atoms with E-state index in [1.54, 1.807) is 11.0 Å². The van der Waals surface area contributed by atoms with Gasteiger partial charge in [-0.25, -0.2) is 0 Å². The van der Waals surface area contributed by atoms with Crippen LogP contribution in [0.4, 0.5) is 0 Å². The van der Waals surface area contributed by atoms with E-state index in [1.807, 2.05) is 86.6 Å². The highest BCUT2D eigenvalue weighted by atomic mass is 35.5. The van der Waals surface area contributed by atoms with Crippen molar-refractivity contribution in [1.29, 1.82) is 0 Å². The number of carbonyl (C=O) groups is 2. The summed E-state index contributed by atoms with van der Waals surface area (Å²) in [7, 11) is 0. The van der Waals surface area contributed by atoms with E-state index in [-0.39, 0.29) is 31.0 Å². The molecule has 36 heavy (non-hydrogen) atoms. The first-order valence-electron chi connectivity index (χ1n) is 12.5. The van der Waals surface area contributed by atoms with Crippen LogP contribution < -0.4 is 10.1 Å². The third-order valence-corrected chi connectivity index (χ3v) is 6.63. The minimum atomic E-state index is -0.726. The molecule has 0 saturated heterocycles. The van der Waals surface area contributed by atoms with Gasteiger partial charge in [0.25, 0.3) is 5.91 Å². The zero-order chi connectivity index (χ0) is 25.9. The van der Waals surface area contributed by atoms with Crippen LogP contribution in [-0.4, -0.2) is 35.4 Å². The van der Waals surface area contributed by atoms with Crippen molar-refractivity contribution < 1.29 is 14.3 Å². The summed E-state index contributed by atoms with van der Waals surface area (Å²) in [5.41, 5.74) is 2.93. The Balaban J connectivity index is 1.90. The van der Waals surface area contributed by atoms with E-state index in [0.717, 1.165) is 24.0 Å². The minimum absolute atomic E-state index is 0.0126. The lowest BCUT2D eigenvalue weighted by molar-refractivity contribution is -0.143. The fourth-order valence-electron chi connectivity index (χ4n) is 3.85. The van der Waals surface area contributed by atoms with Crippen LogP contribution in [-0.2, 0) is 29.0 Å². The summed E-state index contributed by atoms with van der Waals surface area (Å²) < 4.78 is 5.84. The average Bonchev–Trinajstić information content (AvgIpc) is 2.91. The smallest absolute Gasteiger partial charge is 0.261 e. The highest BCUT2D eigenvalue weighted by Crippen LogP contribution is 2.21. The van der Waals surface area contributed by atoms with Crippen molar-refractivity contribution in [2.45, 2.75) is 58.7 Å². The molecule has 0 bridgehead atoms. The van der Waals surface area contributed by atoms with Crippen molar-refractivity contribution in [3.8, 4) is 5.75 Å². The molecule has 0 unspecified atom stereocenters. The quantitative estimate of drug-likeness (QED) is 0.336. The van der Waals surface area contributed by atoms with Gasteiger partial charge in [-0.2, -0.15) is 0 Å². The number of benzene rings is 3. The molecule has 3 aromatic rings. The lowest BCUT2D eigenvalue weighted by atomic mass is 10.0. The fourth-order valence-corrected chi connectivity index (χ4v) is 4.05. The summed E-state index contributed by atoms with van der Waals surface area (Å²) in [5, 5.41) is 3.61. The Hall–Kier alpha value is -3.31. The lowest BCUT2D eigenvalue weighted by Gasteiger charge is -2.32. The summed E-state index contributed by atoms with van der Waals surface area (Å²) in [6.07, 6.45) is 2.10. The van der Waals surface area contributed by atoms with Gasteiger partial charge in [0.15, 0.2) is 6.61 Å². The van der Waals surface area contributed by atoms with E-state index < -0.39 is 6.04 Å². The monoisotopic (exact) mass is 506 g/mol. The minimum Gasteiger partial charge on any atom is -0.484 e. The second-order valence-corrected chi connectivity index (χ2v) is 9.33. The molecule has 3 rings (SSSR count). The molecular formula is C30H35ClN2O3. The third kappa shape index (κ3) is 7.85. The number of amides is 2. The van der Waals surface area contributed by atoms with E-state index in [2.05, 4.69) is 12.2 Å². The summed E-state index contributed by atoms with van der Waals surface area (Å²) >= 11 is 6.46. The Labute approximate surface area is 219 Å². The Bertz CT molecular complexity index is 1120. The molecule has 1 N–H and O–H groups in total. The van der Waals surface area contributed by atoms with E-state index in [4.69, 9.17) is 16.3 Å². The second kappa shape index (κ2) is 13.7. The van der Waals surface area contributed by atoms with Gasteiger partial charge in [-0.05, 0) is 54.7 Å². The van der Waals surface area contributed by atoms with Gasteiger partial charge >= 0.3 is 0 Å². The fraction of sp³-hybridized carbons (Fsp3) is 0.333. The van der Waals surface area contributed by atoms with Crippen LogP contribution in [0, 0.1) is 0 Å². The maximum atomic E-state index is 13.6. The van der Waals surface area contributed by atoms with E-state index >= 15 is 0 Å². The molecule has 0 saturated carbocycles. The number of halogens is 1. The highest BCUT2D eigenvalue weighted by Gasteiger charge is 2.31. The van der Waals surface area contributed by atoms with Crippen LogP contribution in [0.1, 0.15) is 43.9 Å². The number of aryl methyl sites for hydroxylation is 1. The van der Waals surface area contributed by atoms with Crippen LogP contribution in [0.25, 0.3) is 0 Å². The number of nitrogens with one attached hydrogen (secondary N) is 1. The SMILES string of the molecule is CCc1ccc(OCC(=O)N(Cc2ccccc2Cl)[C@H](Cc2ccccc2)C(=O)N[C@@H](C)CC)cc1. The molecule has 2 atom stereocenters. The van der Waals surface area contributed by atoms with Crippen LogP contribution in [0.5, 0.6) is 5.75 Å². The lowest BCUT2D eigenvalue weighted by Crippen LogP contribution is -2.53. The summed E-state index contributed by atoms with van der Waals surface area (Å²) in [6, 6.07) is 24.1. The maximum absolute atomic E-state index is 13.6. The van der Waals surface area contributed by atoms with Crippen molar-refractivity contribution in [3.63, 3.8) is 0 Å². The molecule has 190 valence electrons. The molecule has 6 heteroatoms. The molecule has 5 nitrogen and oxygen atoms in total. The molecular weight excluding hydrogens is 472 g/mol. The molecule has 0 radical (unpaired) electrons. The molecule has 2 amide bonds. The number of nitrogens with zero attached hydrogens (tertiary/aromatic N) is 1. The van der Waals surface area contributed by atoms with Crippen molar-refractivity contribution in [2.75, 3.05) is 6.61 Å². The molecule has 0 spiro atoms. The van der Waals surface area contributed by atoms with E-state index in [0.29, 0.717) is 17.2 Å². The van der Waals surface area contributed by atoms with E-state index in [9.17, 15) is 9.59 Å². The largest absolute Gasteiger partial charge is 0.484 e. The van der Waals surface area contributed by atoms with Crippen molar-refractivity contribution >= 4 is 23.4 Å². The standard InChI is InChI=1S/C30H35ClN2O3/c1-4-22(3)32-30(35)28(19-24-11-7-6-8-12-24)33(20-25-13-9-10-14-27(25)31)29(34)21-36-26-17-15-23(5-2)16-18-26/h6-18,22,28H,4-5,19-21H2,1-3H3,(H,32,35)/t22-,28+/m0/s1. The summed E-state index contributed by atoms with van der Waals surface area (Å²) in [4.78, 5) is 28.7. The Morgan fingerprint density at radius 1 is 0.917 bits per heavy atom. The third-order valence-electron chi connectivity index (χ3n) is 6.26. The van der Waals surface area contributed by atoms with Crippen LogP contribution in [0.2, 0.25) is 5.02 Å². The first kappa shape index (κ1) is 27.3. The van der Waals surface area contributed by atoms with Gasteiger partial charge in [0.2, 0.25) is 5.91 Å². The molecule has 0 fully saturated rings. The Kier molecular flexibility index (Phi) is 10.4. The normalized spacial score (nSPS) is 12.4. The number of hydrogen-bond acceptors (Lipinski definition) is 3. The van der Waals surface area contributed by atoms with E-state index in [1.165, 1.54) is 5.56 Å². The average molecular weight is 507 g/mol. The zero-order valence-corrected chi connectivity index (χ0v) is 22.0. The van der Waals surface area contributed by atoms with Gasteiger partial charge in [0.1, 0.15) is 11.8 Å². The molecule has 0 aliphatic carbocycles. The first-order chi connectivity index (χ1) is 17.4. The Morgan fingerprint density at radius 2 is 1.58 bits per heavy atom. The van der Waals surface area contributed by atoms with Crippen LogP contribution in [0.3, 0.4) is 0 Å². The number of hydrogen-bond donors (Lipinski definition) is 1. The zero-order valence-electron chi connectivity index (χ0n) is 21.2. The van der Waals surface area contributed by atoms with Crippen molar-refractivity contribution in [2.24, 2.45) is 0 Å². The second-order valence-electron chi connectivity index (χ2n) is 8.92. The number of ether oxygens (including phenoxy) is 1. The highest BCUT2D eigenvalue weighted by molar-refractivity contribution is 6.31. The Morgan fingerprint density at radius 3 is 2.22 bits per heavy atom. The first-order valence-corrected chi connectivity index (χ1v) is 12.9. The number of carbonyl (C=O) groups excluding carboxylic acids is 2. The van der Waals surface area contributed by atoms with Gasteiger partial charge < -0.3 is 15.0 Å². The maximum Gasteiger partial charge on any atom is 0.261 e. The van der Waals surface area contributed by atoms with Gasteiger partial charge in [0.05, 0.1) is 0 Å². The predicted molar refractivity (Wildman–Crippen MR) is 145 cm³/mol. The molecule has 0 aliphatic rings. The van der Waals surface area contributed by atoms with Gasteiger partial charge in [-0.1, -0.05) is 86.1 Å².